The Morgan fingerprint density at radius 2 is 2.18 bits per heavy atom. The van der Waals surface area contributed by atoms with Crippen LogP contribution in [0.25, 0.3) is 0 Å². The van der Waals surface area contributed by atoms with E-state index in [4.69, 9.17) is 16.3 Å². The molecule has 0 bridgehead atoms. The lowest BCUT2D eigenvalue weighted by atomic mass is 10.0. The summed E-state index contributed by atoms with van der Waals surface area (Å²) < 4.78 is 5.38. The van der Waals surface area contributed by atoms with Gasteiger partial charge in [0.1, 0.15) is 5.75 Å². The molecular weight excluding hydrogens is 300 g/mol. The van der Waals surface area contributed by atoms with Crippen LogP contribution in [-0.4, -0.2) is 18.0 Å². The van der Waals surface area contributed by atoms with E-state index in [1.54, 1.807) is 19.5 Å². The lowest BCUT2D eigenvalue weighted by Crippen LogP contribution is -2.25. The number of amides is 1. The van der Waals surface area contributed by atoms with Gasteiger partial charge in [0.15, 0.2) is 0 Å². The molecule has 0 radical (unpaired) electrons. The maximum absolute atomic E-state index is 12.2. The van der Waals surface area contributed by atoms with Crippen molar-refractivity contribution in [1.29, 1.82) is 0 Å². The van der Waals surface area contributed by atoms with Gasteiger partial charge < -0.3 is 10.1 Å². The minimum Gasteiger partial charge on any atom is -0.496 e. The molecule has 116 valence electrons. The quantitative estimate of drug-likeness (QED) is 0.921. The molecule has 0 aliphatic heterocycles. The van der Waals surface area contributed by atoms with Crippen molar-refractivity contribution in [3.8, 4) is 5.75 Å². The fourth-order valence-electron chi connectivity index (χ4n) is 2.29. The standard InChI is InChI=1S/C17H19ClN2O2/c1-11-7-15(22-3)14(12(2)17(11)18)8-16(21)20-10-13-5-4-6-19-9-13/h4-7,9H,8,10H2,1-3H3,(H,20,21). The number of hydrogen-bond donors (Lipinski definition) is 1. The largest absolute Gasteiger partial charge is 0.496 e. The Kier molecular flexibility index (Phi) is 5.39. The second kappa shape index (κ2) is 7.27. The predicted octanol–water partition coefficient (Wildman–Crippen LogP) is 3.22. The summed E-state index contributed by atoms with van der Waals surface area (Å²) in [6.07, 6.45) is 3.66. The van der Waals surface area contributed by atoms with Crippen molar-refractivity contribution in [3.63, 3.8) is 0 Å². The van der Waals surface area contributed by atoms with Gasteiger partial charge in [-0.2, -0.15) is 0 Å². The summed E-state index contributed by atoms with van der Waals surface area (Å²) in [7, 11) is 1.60. The maximum Gasteiger partial charge on any atom is 0.224 e. The van der Waals surface area contributed by atoms with Crippen LogP contribution >= 0.6 is 11.6 Å². The Hall–Kier alpha value is -2.07. The number of carbonyl (C=O) groups is 1. The third kappa shape index (κ3) is 3.77. The van der Waals surface area contributed by atoms with Crippen molar-refractivity contribution < 1.29 is 9.53 Å². The van der Waals surface area contributed by atoms with Gasteiger partial charge in [-0.3, -0.25) is 9.78 Å². The van der Waals surface area contributed by atoms with Gasteiger partial charge in [0.05, 0.1) is 13.5 Å². The monoisotopic (exact) mass is 318 g/mol. The van der Waals surface area contributed by atoms with E-state index in [0.717, 1.165) is 22.3 Å². The highest BCUT2D eigenvalue weighted by atomic mass is 35.5. The molecule has 1 aromatic heterocycles. The van der Waals surface area contributed by atoms with E-state index in [9.17, 15) is 4.79 Å². The fraction of sp³-hybridized carbons (Fsp3) is 0.294. The summed E-state index contributed by atoms with van der Waals surface area (Å²) in [5.74, 6) is 0.612. The number of rotatable bonds is 5. The highest BCUT2D eigenvalue weighted by molar-refractivity contribution is 6.32. The van der Waals surface area contributed by atoms with Crippen LogP contribution in [-0.2, 0) is 17.8 Å². The van der Waals surface area contributed by atoms with Crippen molar-refractivity contribution in [3.05, 3.63) is 57.9 Å². The minimum atomic E-state index is -0.0785. The van der Waals surface area contributed by atoms with Crippen LogP contribution in [0.3, 0.4) is 0 Å². The summed E-state index contributed by atoms with van der Waals surface area (Å²) in [6.45, 7) is 4.28. The molecule has 0 atom stereocenters. The van der Waals surface area contributed by atoms with E-state index >= 15 is 0 Å². The predicted molar refractivity (Wildman–Crippen MR) is 87.3 cm³/mol. The number of carbonyl (C=O) groups excluding carboxylic acids is 1. The van der Waals surface area contributed by atoms with E-state index in [-0.39, 0.29) is 12.3 Å². The molecule has 1 N–H and O–H groups in total. The van der Waals surface area contributed by atoms with E-state index in [2.05, 4.69) is 10.3 Å². The fourth-order valence-corrected chi connectivity index (χ4v) is 2.46. The van der Waals surface area contributed by atoms with Crippen molar-refractivity contribution in [1.82, 2.24) is 10.3 Å². The van der Waals surface area contributed by atoms with Gasteiger partial charge in [-0.05, 0) is 42.7 Å². The molecule has 1 aromatic carbocycles. The number of halogens is 1. The van der Waals surface area contributed by atoms with Gasteiger partial charge in [-0.1, -0.05) is 17.7 Å². The molecule has 4 nitrogen and oxygen atoms in total. The minimum absolute atomic E-state index is 0.0785. The second-order valence-corrected chi connectivity index (χ2v) is 5.51. The zero-order chi connectivity index (χ0) is 16.1. The van der Waals surface area contributed by atoms with Crippen molar-refractivity contribution in [2.75, 3.05) is 7.11 Å². The first-order chi connectivity index (χ1) is 10.5. The number of nitrogens with one attached hydrogen (secondary N) is 1. The van der Waals surface area contributed by atoms with Gasteiger partial charge in [0.2, 0.25) is 5.91 Å². The Balaban J connectivity index is 2.10. The van der Waals surface area contributed by atoms with E-state index < -0.39 is 0 Å². The van der Waals surface area contributed by atoms with Crippen LogP contribution < -0.4 is 10.1 Å². The Morgan fingerprint density at radius 3 is 2.82 bits per heavy atom. The second-order valence-electron chi connectivity index (χ2n) is 5.13. The molecule has 0 aliphatic carbocycles. The molecule has 5 heteroatoms. The highest BCUT2D eigenvalue weighted by Crippen LogP contribution is 2.31. The first kappa shape index (κ1) is 16.3. The summed E-state index contributed by atoms with van der Waals surface area (Å²) in [5, 5.41) is 3.56. The van der Waals surface area contributed by atoms with E-state index in [0.29, 0.717) is 17.3 Å². The molecular formula is C17H19ClN2O2. The van der Waals surface area contributed by atoms with Gasteiger partial charge in [-0.15, -0.1) is 0 Å². The first-order valence-electron chi connectivity index (χ1n) is 7.01. The van der Waals surface area contributed by atoms with Crippen LogP contribution in [0, 0.1) is 13.8 Å². The van der Waals surface area contributed by atoms with Gasteiger partial charge in [0.25, 0.3) is 0 Å². The molecule has 22 heavy (non-hydrogen) atoms. The Morgan fingerprint density at radius 1 is 1.41 bits per heavy atom. The molecule has 2 rings (SSSR count). The first-order valence-corrected chi connectivity index (χ1v) is 7.39. The Bertz CT molecular complexity index is 672. The third-order valence-corrected chi connectivity index (χ3v) is 4.12. The highest BCUT2D eigenvalue weighted by Gasteiger charge is 2.15. The van der Waals surface area contributed by atoms with Crippen LogP contribution in [0.5, 0.6) is 5.75 Å². The number of aromatic nitrogens is 1. The lowest BCUT2D eigenvalue weighted by Gasteiger charge is -2.15. The summed E-state index contributed by atoms with van der Waals surface area (Å²) in [6, 6.07) is 5.62. The molecule has 1 amide bonds. The van der Waals surface area contributed by atoms with Crippen molar-refractivity contribution >= 4 is 17.5 Å². The third-order valence-electron chi connectivity index (χ3n) is 3.54. The van der Waals surface area contributed by atoms with E-state index in [1.165, 1.54) is 0 Å². The number of pyridine rings is 1. The number of methoxy groups -OCH3 is 1. The van der Waals surface area contributed by atoms with Crippen LogP contribution in [0.4, 0.5) is 0 Å². The summed E-state index contributed by atoms with van der Waals surface area (Å²) in [5.41, 5.74) is 3.61. The van der Waals surface area contributed by atoms with Gasteiger partial charge in [0, 0.05) is 29.5 Å². The molecule has 2 aromatic rings. The number of benzene rings is 1. The Labute approximate surface area is 135 Å². The molecule has 0 unspecified atom stereocenters. The molecule has 0 spiro atoms. The smallest absolute Gasteiger partial charge is 0.224 e. The molecule has 1 heterocycles. The van der Waals surface area contributed by atoms with Crippen molar-refractivity contribution in [2.24, 2.45) is 0 Å². The number of ether oxygens (including phenoxy) is 1. The SMILES string of the molecule is COc1cc(C)c(Cl)c(C)c1CC(=O)NCc1cccnc1. The van der Waals surface area contributed by atoms with Crippen LogP contribution in [0.2, 0.25) is 5.02 Å². The maximum atomic E-state index is 12.2. The van der Waals surface area contributed by atoms with Crippen molar-refractivity contribution in [2.45, 2.75) is 26.8 Å². The zero-order valence-electron chi connectivity index (χ0n) is 12.9. The average molecular weight is 319 g/mol. The van der Waals surface area contributed by atoms with Gasteiger partial charge in [-0.25, -0.2) is 0 Å². The normalized spacial score (nSPS) is 10.4. The topological polar surface area (TPSA) is 51.2 Å². The molecule has 0 saturated heterocycles. The molecule has 0 aliphatic rings. The van der Waals surface area contributed by atoms with Crippen LogP contribution in [0.1, 0.15) is 22.3 Å². The summed E-state index contributed by atoms with van der Waals surface area (Å²) in [4.78, 5) is 16.2. The lowest BCUT2D eigenvalue weighted by molar-refractivity contribution is -0.120. The zero-order valence-corrected chi connectivity index (χ0v) is 13.7. The summed E-state index contributed by atoms with van der Waals surface area (Å²) >= 11 is 6.27. The number of nitrogens with zero attached hydrogens (tertiary/aromatic N) is 1. The number of aryl methyl sites for hydroxylation is 1. The average Bonchev–Trinajstić information content (AvgIpc) is 2.54. The van der Waals surface area contributed by atoms with Gasteiger partial charge >= 0.3 is 0 Å². The molecule has 0 fully saturated rings. The number of hydrogen-bond acceptors (Lipinski definition) is 3. The van der Waals surface area contributed by atoms with Crippen LogP contribution in [0.15, 0.2) is 30.6 Å². The van der Waals surface area contributed by atoms with E-state index in [1.807, 2.05) is 32.0 Å². The molecule has 0 saturated carbocycles.